The standard InChI is InChI=1S/C24H27N3O7S2/c1-4-5-10-26(2)36(30,31)17-8-6-16(7-9-17)23(29)25-24-27(15-22(28)32-3)18-13-19-20(14-21(18)35-24)34-12-11-33-19/h6-9,13-14H,4-5,10-12,15H2,1-3H3. The summed E-state index contributed by atoms with van der Waals surface area (Å²) in [6, 6.07) is 9.21. The molecule has 0 aliphatic carbocycles. The first-order valence-corrected chi connectivity index (χ1v) is 13.7. The highest BCUT2D eigenvalue weighted by atomic mass is 32.2. The lowest BCUT2D eigenvalue weighted by Gasteiger charge is -2.18. The number of thiazole rings is 1. The molecule has 0 atom stereocenters. The lowest BCUT2D eigenvalue weighted by molar-refractivity contribution is -0.141. The Morgan fingerprint density at radius 1 is 1.14 bits per heavy atom. The van der Waals surface area contributed by atoms with Gasteiger partial charge in [0.05, 0.1) is 22.2 Å². The van der Waals surface area contributed by atoms with Crippen molar-refractivity contribution in [2.24, 2.45) is 4.99 Å². The summed E-state index contributed by atoms with van der Waals surface area (Å²) in [5.41, 5.74) is 0.871. The average molecular weight is 534 g/mol. The highest BCUT2D eigenvalue weighted by Gasteiger charge is 2.21. The number of nitrogens with zero attached hydrogens (tertiary/aromatic N) is 3. The van der Waals surface area contributed by atoms with Crippen molar-refractivity contribution in [2.45, 2.75) is 31.2 Å². The number of esters is 1. The van der Waals surface area contributed by atoms with Gasteiger partial charge in [-0.1, -0.05) is 24.7 Å². The molecule has 2 heterocycles. The molecular formula is C24H27N3O7S2. The predicted molar refractivity (Wildman–Crippen MR) is 134 cm³/mol. The van der Waals surface area contributed by atoms with Gasteiger partial charge < -0.3 is 18.8 Å². The number of hydrogen-bond donors (Lipinski definition) is 0. The minimum atomic E-state index is -3.65. The van der Waals surface area contributed by atoms with Crippen molar-refractivity contribution in [3.8, 4) is 11.5 Å². The molecule has 0 radical (unpaired) electrons. The number of aromatic nitrogens is 1. The second-order valence-corrected chi connectivity index (χ2v) is 11.2. The molecule has 0 N–H and O–H groups in total. The number of fused-ring (bicyclic) bond motifs is 2. The molecule has 0 saturated carbocycles. The Morgan fingerprint density at radius 3 is 2.44 bits per heavy atom. The zero-order valence-electron chi connectivity index (χ0n) is 20.2. The van der Waals surface area contributed by atoms with Crippen molar-refractivity contribution in [1.82, 2.24) is 8.87 Å². The Morgan fingerprint density at radius 2 is 1.81 bits per heavy atom. The Kier molecular flexibility index (Phi) is 7.76. The van der Waals surface area contributed by atoms with Gasteiger partial charge in [-0.2, -0.15) is 4.99 Å². The number of amides is 1. The van der Waals surface area contributed by atoms with Crippen molar-refractivity contribution in [2.75, 3.05) is 33.9 Å². The van der Waals surface area contributed by atoms with Crippen molar-refractivity contribution in [3.63, 3.8) is 0 Å². The topological polar surface area (TPSA) is 117 Å². The van der Waals surface area contributed by atoms with Crippen molar-refractivity contribution >= 4 is 43.5 Å². The van der Waals surface area contributed by atoms with Crippen LogP contribution in [0.3, 0.4) is 0 Å². The second-order valence-electron chi connectivity index (χ2n) is 8.13. The highest BCUT2D eigenvalue weighted by Crippen LogP contribution is 2.35. The van der Waals surface area contributed by atoms with Crippen LogP contribution in [-0.2, 0) is 26.1 Å². The van der Waals surface area contributed by atoms with Gasteiger partial charge in [0.15, 0.2) is 16.3 Å². The van der Waals surface area contributed by atoms with E-state index in [2.05, 4.69) is 4.99 Å². The lowest BCUT2D eigenvalue weighted by atomic mass is 10.2. The molecule has 1 aliphatic rings. The summed E-state index contributed by atoms with van der Waals surface area (Å²) in [5.74, 6) is 0.0588. The number of carbonyl (C=O) groups is 2. The molecule has 0 fully saturated rings. The Bertz CT molecular complexity index is 1460. The van der Waals surface area contributed by atoms with Crippen LogP contribution in [0.4, 0.5) is 0 Å². The summed E-state index contributed by atoms with van der Waals surface area (Å²) in [6.45, 7) is 3.10. The Hall–Kier alpha value is -3.22. The number of unbranched alkanes of at least 4 members (excludes halogenated alkanes) is 1. The Balaban J connectivity index is 1.69. The molecule has 2 aromatic carbocycles. The molecule has 1 aromatic heterocycles. The largest absolute Gasteiger partial charge is 0.486 e. The van der Waals surface area contributed by atoms with Crippen LogP contribution in [0.2, 0.25) is 0 Å². The molecule has 0 spiro atoms. The maximum atomic E-state index is 13.0. The summed E-state index contributed by atoms with van der Waals surface area (Å²) in [7, 11) is -0.825. The van der Waals surface area contributed by atoms with Gasteiger partial charge in [-0.25, -0.2) is 12.7 Å². The van der Waals surface area contributed by atoms with E-state index in [9.17, 15) is 18.0 Å². The highest BCUT2D eigenvalue weighted by molar-refractivity contribution is 7.89. The molecule has 12 heteroatoms. The number of hydrogen-bond acceptors (Lipinski definition) is 8. The number of benzene rings is 2. The fourth-order valence-electron chi connectivity index (χ4n) is 3.64. The second kappa shape index (κ2) is 10.8. The Labute approximate surface area is 212 Å². The van der Waals surface area contributed by atoms with E-state index in [0.717, 1.165) is 17.5 Å². The smallest absolute Gasteiger partial charge is 0.325 e. The fraction of sp³-hybridized carbons (Fsp3) is 0.375. The SMILES string of the molecule is CCCCN(C)S(=O)(=O)c1ccc(C(=O)N=c2sc3cc4c(cc3n2CC(=O)OC)OCCO4)cc1. The van der Waals surface area contributed by atoms with E-state index in [0.29, 0.717) is 41.6 Å². The molecule has 10 nitrogen and oxygen atoms in total. The van der Waals surface area contributed by atoms with E-state index in [-0.39, 0.29) is 17.0 Å². The number of sulfonamides is 1. The van der Waals surface area contributed by atoms with Gasteiger partial charge in [0.1, 0.15) is 19.8 Å². The maximum absolute atomic E-state index is 13.0. The van der Waals surface area contributed by atoms with E-state index >= 15 is 0 Å². The molecule has 192 valence electrons. The number of rotatable bonds is 8. The van der Waals surface area contributed by atoms with Gasteiger partial charge in [0, 0.05) is 31.3 Å². The monoisotopic (exact) mass is 533 g/mol. The van der Waals surface area contributed by atoms with Crippen LogP contribution in [0, 0.1) is 0 Å². The van der Waals surface area contributed by atoms with Gasteiger partial charge in [0.2, 0.25) is 10.0 Å². The first-order valence-electron chi connectivity index (χ1n) is 11.4. The first-order chi connectivity index (χ1) is 17.2. The molecule has 4 rings (SSSR count). The summed E-state index contributed by atoms with van der Waals surface area (Å²) in [6.07, 6.45) is 1.64. The number of methoxy groups -OCH3 is 1. The number of ether oxygens (including phenoxy) is 3. The van der Waals surface area contributed by atoms with Crippen LogP contribution in [0.5, 0.6) is 11.5 Å². The quantitative estimate of drug-likeness (QED) is 0.409. The van der Waals surface area contributed by atoms with Gasteiger partial charge in [-0.05, 0) is 30.7 Å². The fourth-order valence-corrected chi connectivity index (χ4v) is 5.89. The van der Waals surface area contributed by atoms with Crippen molar-refractivity contribution < 1.29 is 32.2 Å². The van der Waals surface area contributed by atoms with E-state index < -0.39 is 21.9 Å². The molecule has 0 unspecified atom stereocenters. The normalized spacial score (nSPS) is 13.8. The van der Waals surface area contributed by atoms with E-state index in [1.165, 1.54) is 54.1 Å². The molecule has 0 bridgehead atoms. The van der Waals surface area contributed by atoms with Crippen LogP contribution >= 0.6 is 11.3 Å². The molecule has 1 aliphatic heterocycles. The molecular weight excluding hydrogens is 506 g/mol. The first kappa shape index (κ1) is 25.9. The van der Waals surface area contributed by atoms with Crippen molar-refractivity contribution in [1.29, 1.82) is 0 Å². The average Bonchev–Trinajstić information content (AvgIpc) is 3.20. The molecule has 3 aromatic rings. The van der Waals surface area contributed by atoms with Gasteiger partial charge >= 0.3 is 5.97 Å². The van der Waals surface area contributed by atoms with Gasteiger partial charge in [0.25, 0.3) is 5.91 Å². The van der Waals surface area contributed by atoms with Crippen LogP contribution in [0.15, 0.2) is 46.3 Å². The minimum Gasteiger partial charge on any atom is -0.486 e. The summed E-state index contributed by atoms with van der Waals surface area (Å²) < 4.78 is 45.3. The number of carbonyl (C=O) groups excluding carboxylic acids is 2. The van der Waals surface area contributed by atoms with Crippen molar-refractivity contribution in [3.05, 3.63) is 46.8 Å². The molecule has 36 heavy (non-hydrogen) atoms. The van der Waals surface area contributed by atoms with Gasteiger partial charge in [-0.15, -0.1) is 0 Å². The maximum Gasteiger partial charge on any atom is 0.325 e. The van der Waals surface area contributed by atoms with Crippen LogP contribution in [0.1, 0.15) is 30.1 Å². The summed E-state index contributed by atoms with van der Waals surface area (Å²) in [4.78, 5) is 29.7. The van der Waals surface area contributed by atoms with Crippen LogP contribution in [-0.4, -0.2) is 63.1 Å². The van der Waals surface area contributed by atoms with Crippen LogP contribution < -0.4 is 14.3 Å². The van der Waals surface area contributed by atoms with Gasteiger partial charge in [-0.3, -0.25) is 9.59 Å². The predicted octanol–water partition coefficient (Wildman–Crippen LogP) is 2.81. The zero-order chi connectivity index (χ0) is 25.9. The van der Waals surface area contributed by atoms with E-state index in [4.69, 9.17) is 14.2 Å². The third-order valence-corrected chi connectivity index (χ3v) is 8.61. The van der Waals surface area contributed by atoms with E-state index in [1.54, 1.807) is 16.7 Å². The van der Waals surface area contributed by atoms with Crippen LogP contribution in [0.25, 0.3) is 10.2 Å². The third kappa shape index (κ3) is 5.30. The zero-order valence-corrected chi connectivity index (χ0v) is 21.9. The molecule has 0 saturated heterocycles. The summed E-state index contributed by atoms with van der Waals surface area (Å²) >= 11 is 1.22. The lowest BCUT2D eigenvalue weighted by Crippen LogP contribution is -2.27. The minimum absolute atomic E-state index is 0.103. The molecule has 1 amide bonds. The third-order valence-electron chi connectivity index (χ3n) is 5.69. The van der Waals surface area contributed by atoms with E-state index in [1.807, 2.05) is 6.92 Å². The summed E-state index contributed by atoms with van der Waals surface area (Å²) in [5, 5.41) is 0.